The van der Waals surface area contributed by atoms with Crippen LogP contribution in [0.15, 0.2) is 53.1 Å². The van der Waals surface area contributed by atoms with Crippen LogP contribution >= 0.6 is 0 Å². The smallest absolute Gasteiger partial charge is 0.226 e. The summed E-state index contributed by atoms with van der Waals surface area (Å²) in [7, 11) is 0. The summed E-state index contributed by atoms with van der Waals surface area (Å²) in [6.07, 6.45) is 2.94. The molecule has 24 heavy (non-hydrogen) atoms. The molecule has 0 aliphatic heterocycles. The number of rotatable bonds is 4. The highest BCUT2D eigenvalue weighted by atomic mass is 19.1. The molecule has 0 fully saturated rings. The van der Waals surface area contributed by atoms with Crippen LogP contribution in [0.5, 0.6) is 0 Å². The number of benzene rings is 2. The molecule has 0 aliphatic carbocycles. The molecule has 3 nitrogen and oxygen atoms in total. The van der Waals surface area contributed by atoms with Gasteiger partial charge in [-0.05, 0) is 48.9 Å². The van der Waals surface area contributed by atoms with Crippen LogP contribution in [0.1, 0.15) is 36.8 Å². The number of hydrogen-bond donors (Lipinski definition) is 0. The summed E-state index contributed by atoms with van der Waals surface area (Å²) in [5.41, 5.74) is 2.38. The van der Waals surface area contributed by atoms with E-state index in [1.807, 2.05) is 24.3 Å². The first-order chi connectivity index (χ1) is 11.7. The molecule has 0 unspecified atom stereocenters. The monoisotopic (exact) mass is 320 g/mol. The minimum absolute atomic E-state index is 0.284. The maximum atomic E-state index is 13.1. The van der Waals surface area contributed by atoms with Crippen LogP contribution in [0.3, 0.4) is 0 Å². The summed E-state index contributed by atoms with van der Waals surface area (Å²) in [6, 6.07) is 13.8. The fraction of sp³-hybridized carbons (Fsp3) is 0.200. The minimum Gasteiger partial charge on any atom is -0.339 e. The molecule has 0 spiro atoms. The van der Waals surface area contributed by atoms with Gasteiger partial charge in [0.1, 0.15) is 5.82 Å². The molecule has 0 radical (unpaired) electrons. The number of unbranched alkanes of at least 4 members (excludes halogenated alkanes) is 1. The Morgan fingerprint density at radius 2 is 1.83 bits per heavy atom. The number of nitrogens with zero attached hydrogens (tertiary/aromatic N) is 2. The Morgan fingerprint density at radius 3 is 2.58 bits per heavy atom. The third kappa shape index (κ3) is 4.08. The quantitative estimate of drug-likeness (QED) is 0.659. The van der Waals surface area contributed by atoms with Crippen LogP contribution in [0.4, 0.5) is 4.39 Å². The lowest BCUT2D eigenvalue weighted by molar-refractivity contribution is 0.375. The standard InChI is InChI=1S/C20H17FN2O/c1-2-3-7-19-22-20(23-24-19)17-12-10-15(11-13-17)8-9-16-5-4-6-18(21)14-16/h4-6,10-14H,2-3,7H2,1H3. The van der Waals surface area contributed by atoms with Gasteiger partial charge in [-0.25, -0.2) is 4.39 Å². The predicted molar refractivity (Wildman–Crippen MR) is 90.7 cm³/mol. The number of aromatic nitrogens is 2. The fourth-order valence-electron chi connectivity index (χ4n) is 2.21. The average Bonchev–Trinajstić information content (AvgIpc) is 3.08. The lowest BCUT2D eigenvalue weighted by Crippen LogP contribution is -1.85. The minimum atomic E-state index is -0.284. The van der Waals surface area contributed by atoms with Gasteiger partial charge < -0.3 is 4.52 Å². The van der Waals surface area contributed by atoms with Crippen LogP contribution in [-0.2, 0) is 6.42 Å². The summed E-state index contributed by atoms with van der Waals surface area (Å²) in [5.74, 6) is 6.94. The van der Waals surface area contributed by atoms with E-state index in [1.54, 1.807) is 12.1 Å². The summed E-state index contributed by atoms with van der Waals surface area (Å²) in [5, 5.41) is 4.01. The largest absolute Gasteiger partial charge is 0.339 e. The molecule has 120 valence electrons. The lowest BCUT2D eigenvalue weighted by atomic mass is 10.1. The van der Waals surface area contributed by atoms with Gasteiger partial charge in [0.25, 0.3) is 0 Å². The molecular formula is C20H17FN2O. The molecule has 1 heterocycles. The highest BCUT2D eigenvalue weighted by Gasteiger charge is 2.07. The van der Waals surface area contributed by atoms with E-state index in [4.69, 9.17) is 4.52 Å². The van der Waals surface area contributed by atoms with Gasteiger partial charge in [0.05, 0.1) is 0 Å². The van der Waals surface area contributed by atoms with Gasteiger partial charge in [-0.1, -0.05) is 36.4 Å². The first-order valence-electron chi connectivity index (χ1n) is 7.95. The van der Waals surface area contributed by atoms with Crippen molar-refractivity contribution in [2.75, 3.05) is 0 Å². The van der Waals surface area contributed by atoms with Gasteiger partial charge in [0, 0.05) is 23.1 Å². The van der Waals surface area contributed by atoms with Gasteiger partial charge in [-0.15, -0.1) is 0 Å². The van der Waals surface area contributed by atoms with Crippen molar-refractivity contribution in [2.24, 2.45) is 0 Å². The molecule has 0 aliphatic rings. The third-order valence-electron chi connectivity index (χ3n) is 3.53. The topological polar surface area (TPSA) is 38.9 Å². The molecule has 4 heteroatoms. The zero-order valence-corrected chi connectivity index (χ0v) is 13.4. The Kier molecular flexibility index (Phi) is 5.02. The Morgan fingerprint density at radius 1 is 1.04 bits per heavy atom. The van der Waals surface area contributed by atoms with Gasteiger partial charge in [0.15, 0.2) is 0 Å². The SMILES string of the molecule is CCCCc1nc(-c2ccc(C#Cc3cccc(F)c3)cc2)no1. The van der Waals surface area contributed by atoms with E-state index >= 15 is 0 Å². The average molecular weight is 320 g/mol. The maximum Gasteiger partial charge on any atom is 0.226 e. The number of halogens is 1. The fourth-order valence-corrected chi connectivity index (χ4v) is 2.21. The van der Waals surface area contributed by atoms with Gasteiger partial charge >= 0.3 is 0 Å². The van der Waals surface area contributed by atoms with Crippen molar-refractivity contribution in [2.45, 2.75) is 26.2 Å². The normalized spacial score (nSPS) is 10.2. The van der Waals surface area contributed by atoms with Crippen molar-refractivity contribution in [1.29, 1.82) is 0 Å². The molecule has 0 atom stereocenters. The van der Waals surface area contributed by atoms with Gasteiger partial charge in [0.2, 0.25) is 11.7 Å². The first kappa shape index (κ1) is 15.9. The highest BCUT2D eigenvalue weighted by molar-refractivity contribution is 5.56. The van der Waals surface area contributed by atoms with Crippen molar-refractivity contribution in [3.63, 3.8) is 0 Å². The molecule has 3 aromatic rings. The second kappa shape index (κ2) is 7.56. The molecule has 0 saturated carbocycles. The van der Waals surface area contributed by atoms with E-state index in [0.29, 0.717) is 17.3 Å². The third-order valence-corrected chi connectivity index (χ3v) is 3.53. The molecule has 0 saturated heterocycles. The van der Waals surface area contributed by atoms with Crippen LogP contribution < -0.4 is 0 Å². The molecule has 0 N–H and O–H groups in total. The maximum absolute atomic E-state index is 13.1. The summed E-state index contributed by atoms with van der Waals surface area (Å²) < 4.78 is 18.4. The lowest BCUT2D eigenvalue weighted by Gasteiger charge is -1.95. The van der Waals surface area contributed by atoms with Crippen LogP contribution in [0.2, 0.25) is 0 Å². The molecular weight excluding hydrogens is 303 g/mol. The van der Waals surface area contributed by atoms with E-state index in [0.717, 1.165) is 30.4 Å². The van der Waals surface area contributed by atoms with Crippen molar-refractivity contribution >= 4 is 0 Å². The van der Waals surface area contributed by atoms with E-state index in [1.165, 1.54) is 12.1 Å². The van der Waals surface area contributed by atoms with Crippen molar-refractivity contribution < 1.29 is 8.91 Å². The van der Waals surface area contributed by atoms with E-state index in [2.05, 4.69) is 28.9 Å². The molecule has 2 aromatic carbocycles. The first-order valence-corrected chi connectivity index (χ1v) is 7.95. The Hall–Kier alpha value is -2.93. The summed E-state index contributed by atoms with van der Waals surface area (Å²) in [4.78, 5) is 4.40. The second-order valence-corrected chi connectivity index (χ2v) is 5.45. The molecule has 1 aromatic heterocycles. The zero-order valence-electron chi connectivity index (χ0n) is 13.4. The predicted octanol–water partition coefficient (Wildman–Crippen LogP) is 4.62. The highest BCUT2D eigenvalue weighted by Crippen LogP contribution is 2.17. The van der Waals surface area contributed by atoms with E-state index in [-0.39, 0.29) is 5.82 Å². The van der Waals surface area contributed by atoms with E-state index < -0.39 is 0 Å². The molecule has 0 amide bonds. The van der Waals surface area contributed by atoms with Crippen LogP contribution in [0, 0.1) is 17.7 Å². The Bertz CT molecular complexity index is 872. The van der Waals surface area contributed by atoms with Gasteiger partial charge in [-0.3, -0.25) is 0 Å². The Balaban J connectivity index is 1.73. The summed E-state index contributed by atoms with van der Waals surface area (Å²) >= 11 is 0. The van der Waals surface area contributed by atoms with Gasteiger partial charge in [-0.2, -0.15) is 4.98 Å². The zero-order chi connectivity index (χ0) is 16.8. The second-order valence-electron chi connectivity index (χ2n) is 5.45. The molecule has 0 bridgehead atoms. The van der Waals surface area contributed by atoms with Crippen molar-refractivity contribution in [3.8, 4) is 23.2 Å². The molecule has 3 rings (SSSR count). The Labute approximate surface area is 140 Å². The van der Waals surface area contributed by atoms with Crippen LogP contribution in [0.25, 0.3) is 11.4 Å². The van der Waals surface area contributed by atoms with Crippen LogP contribution in [-0.4, -0.2) is 10.1 Å². The number of aryl methyl sites for hydroxylation is 1. The number of hydrogen-bond acceptors (Lipinski definition) is 3. The van der Waals surface area contributed by atoms with Crippen molar-refractivity contribution in [1.82, 2.24) is 10.1 Å². The summed E-state index contributed by atoms with van der Waals surface area (Å²) in [6.45, 7) is 2.13. The van der Waals surface area contributed by atoms with Crippen molar-refractivity contribution in [3.05, 3.63) is 71.4 Å². The van der Waals surface area contributed by atoms with E-state index in [9.17, 15) is 4.39 Å².